The lowest BCUT2D eigenvalue weighted by molar-refractivity contribution is -0.384. The summed E-state index contributed by atoms with van der Waals surface area (Å²) >= 11 is 0. The molecule has 144 valence electrons. The summed E-state index contributed by atoms with van der Waals surface area (Å²) in [6.45, 7) is 1.47. The Morgan fingerprint density at radius 2 is 1.81 bits per heavy atom. The Hall–Kier alpha value is -3.23. The fraction of sp³-hybridized carbons (Fsp3) is 0.389. The van der Waals surface area contributed by atoms with Gasteiger partial charge in [-0.3, -0.25) is 24.5 Å². The number of ketones is 1. The van der Waals surface area contributed by atoms with Crippen molar-refractivity contribution in [3.8, 4) is 0 Å². The Balaban J connectivity index is 2.23. The monoisotopic (exact) mass is 376 g/mol. The third-order valence-electron chi connectivity index (χ3n) is 4.39. The minimum atomic E-state index is -0.894. The minimum Gasteiger partial charge on any atom is -0.503 e. The molecule has 1 amide bonds. The highest BCUT2D eigenvalue weighted by atomic mass is 16.6. The van der Waals surface area contributed by atoms with Gasteiger partial charge in [0.25, 0.3) is 11.6 Å². The van der Waals surface area contributed by atoms with Gasteiger partial charge < -0.3 is 15.1 Å². The van der Waals surface area contributed by atoms with E-state index in [2.05, 4.69) is 0 Å². The lowest BCUT2D eigenvalue weighted by Crippen LogP contribution is -2.32. The lowest BCUT2D eigenvalue weighted by Gasteiger charge is -2.26. The van der Waals surface area contributed by atoms with E-state index in [9.17, 15) is 29.6 Å². The van der Waals surface area contributed by atoms with Gasteiger partial charge in [-0.2, -0.15) is 0 Å². The zero-order valence-corrected chi connectivity index (χ0v) is 14.8. The summed E-state index contributed by atoms with van der Waals surface area (Å²) in [6, 6.07) is 4.63. The normalized spacial score (nSPS) is 16.7. The first kappa shape index (κ1) is 20.1. The Bertz CT molecular complexity index is 798. The molecular weight excluding hydrogens is 356 g/mol. The quantitative estimate of drug-likeness (QED) is 0.383. The van der Waals surface area contributed by atoms with E-state index < -0.39 is 34.4 Å². The fourth-order valence-corrected chi connectivity index (χ4v) is 3.10. The molecule has 1 aromatic rings. The van der Waals surface area contributed by atoms with Crippen molar-refractivity contribution in [3.63, 3.8) is 0 Å². The van der Waals surface area contributed by atoms with Crippen molar-refractivity contribution in [2.24, 2.45) is 0 Å². The standard InChI is InChI=1S/C18H20N2O7/c1-11(21)15-16(12-6-8-13(9-7-12)20(26)27)19(18(25)17(15)24)10-4-2-3-5-14(22)23/h6-9,16,24H,2-5,10H2,1H3,(H,22,23). The van der Waals surface area contributed by atoms with Gasteiger partial charge in [0.2, 0.25) is 0 Å². The number of benzene rings is 1. The number of aliphatic hydroxyl groups excluding tert-OH is 1. The number of nitro groups is 1. The van der Waals surface area contributed by atoms with E-state index in [0.717, 1.165) is 0 Å². The number of carboxylic acid groups (broad SMARTS) is 1. The number of nitro benzene ring substituents is 1. The van der Waals surface area contributed by atoms with Crippen molar-refractivity contribution in [1.82, 2.24) is 4.90 Å². The highest BCUT2D eigenvalue weighted by molar-refractivity contribution is 6.08. The van der Waals surface area contributed by atoms with Crippen molar-refractivity contribution < 1.29 is 29.5 Å². The smallest absolute Gasteiger partial charge is 0.303 e. The van der Waals surface area contributed by atoms with Gasteiger partial charge in [0.15, 0.2) is 11.5 Å². The number of aliphatic hydroxyl groups is 1. The lowest BCUT2D eigenvalue weighted by atomic mass is 9.96. The summed E-state index contributed by atoms with van der Waals surface area (Å²) in [6.07, 6.45) is 1.56. The van der Waals surface area contributed by atoms with Gasteiger partial charge in [-0.05, 0) is 37.5 Å². The summed E-state index contributed by atoms with van der Waals surface area (Å²) in [4.78, 5) is 46.6. The third kappa shape index (κ3) is 4.49. The van der Waals surface area contributed by atoms with Crippen molar-refractivity contribution in [1.29, 1.82) is 0 Å². The van der Waals surface area contributed by atoms with Gasteiger partial charge in [-0.25, -0.2) is 0 Å². The minimum absolute atomic E-state index is 0.0297. The van der Waals surface area contributed by atoms with Crippen molar-refractivity contribution >= 4 is 23.3 Å². The van der Waals surface area contributed by atoms with E-state index in [-0.39, 0.29) is 24.2 Å². The molecule has 1 unspecified atom stereocenters. The largest absolute Gasteiger partial charge is 0.503 e. The van der Waals surface area contributed by atoms with Gasteiger partial charge in [-0.15, -0.1) is 0 Å². The SMILES string of the molecule is CC(=O)C1=C(O)C(=O)N(CCCCCC(=O)O)C1c1ccc([N+](=O)[O-])cc1. The highest BCUT2D eigenvalue weighted by Crippen LogP contribution is 2.38. The van der Waals surface area contributed by atoms with Gasteiger partial charge in [-0.1, -0.05) is 6.42 Å². The molecule has 1 aromatic carbocycles. The van der Waals surface area contributed by atoms with Crippen molar-refractivity contribution in [2.45, 2.75) is 38.6 Å². The van der Waals surface area contributed by atoms with Crippen LogP contribution in [0, 0.1) is 10.1 Å². The number of carbonyl (C=O) groups excluding carboxylic acids is 2. The number of aliphatic carboxylic acids is 1. The molecule has 0 bridgehead atoms. The number of nitrogens with zero attached hydrogens (tertiary/aromatic N) is 2. The van der Waals surface area contributed by atoms with Crippen LogP contribution in [0.2, 0.25) is 0 Å². The molecule has 27 heavy (non-hydrogen) atoms. The molecule has 0 saturated heterocycles. The maximum atomic E-state index is 12.4. The Morgan fingerprint density at radius 3 is 2.33 bits per heavy atom. The van der Waals surface area contributed by atoms with Crippen LogP contribution in [-0.4, -0.2) is 44.2 Å². The second-order valence-corrected chi connectivity index (χ2v) is 6.27. The Kier molecular flexibility index (Phi) is 6.27. The number of hydrogen-bond donors (Lipinski definition) is 2. The maximum Gasteiger partial charge on any atom is 0.303 e. The van der Waals surface area contributed by atoms with Crippen LogP contribution >= 0.6 is 0 Å². The molecule has 0 aromatic heterocycles. The Morgan fingerprint density at radius 1 is 1.19 bits per heavy atom. The molecule has 1 atom stereocenters. The van der Waals surface area contributed by atoms with Crippen LogP contribution in [0.1, 0.15) is 44.2 Å². The zero-order chi connectivity index (χ0) is 20.1. The van der Waals surface area contributed by atoms with Crippen molar-refractivity contribution in [2.75, 3.05) is 6.54 Å². The summed E-state index contributed by atoms with van der Waals surface area (Å²) in [5.74, 6) is -2.65. The van der Waals surface area contributed by atoms with E-state index in [0.29, 0.717) is 24.8 Å². The van der Waals surface area contributed by atoms with E-state index in [1.165, 1.54) is 36.1 Å². The molecule has 1 aliphatic rings. The number of hydrogen-bond acceptors (Lipinski definition) is 6. The molecule has 1 aliphatic heterocycles. The Labute approximate surface area is 155 Å². The number of Topliss-reactive ketones (excluding diaryl/α,β-unsaturated/α-hetero) is 1. The van der Waals surface area contributed by atoms with Crippen LogP contribution in [-0.2, 0) is 14.4 Å². The fourth-order valence-electron chi connectivity index (χ4n) is 3.10. The summed E-state index contributed by atoms with van der Waals surface area (Å²) < 4.78 is 0. The van der Waals surface area contributed by atoms with Crippen LogP contribution < -0.4 is 0 Å². The third-order valence-corrected chi connectivity index (χ3v) is 4.39. The molecule has 9 nitrogen and oxygen atoms in total. The number of unbranched alkanes of at least 4 members (excludes halogenated alkanes) is 2. The number of amides is 1. The molecule has 9 heteroatoms. The first-order valence-corrected chi connectivity index (χ1v) is 8.45. The summed E-state index contributed by atoms with van der Waals surface area (Å²) in [5.41, 5.74) is 0.314. The first-order valence-electron chi connectivity index (χ1n) is 8.45. The van der Waals surface area contributed by atoms with Gasteiger partial charge in [0, 0.05) is 25.1 Å². The summed E-state index contributed by atoms with van der Waals surface area (Å²) in [5, 5.41) is 29.6. The van der Waals surface area contributed by atoms with E-state index in [1.807, 2.05) is 0 Å². The predicted molar refractivity (Wildman–Crippen MR) is 94.0 cm³/mol. The molecule has 1 heterocycles. The van der Waals surface area contributed by atoms with E-state index >= 15 is 0 Å². The predicted octanol–water partition coefficient (Wildman–Crippen LogP) is 2.52. The van der Waals surface area contributed by atoms with Crippen LogP contribution in [0.5, 0.6) is 0 Å². The number of carboxylic acids is 1. The molecular formula is C18H20N2O7. The van der Waals surface area contributed by atoms with E-state index in [1.54, 1.807) is 0 Å². The maximum absolute atomic E-state index is 12.4. The second-order valence-electron chi connectivity index (χ2n) is 6.27. The molecule has 0 radical (unpaired) electrons. The van der Waals surface area contributed by atoms with Crippen LogP contribution in [0.25, 0.3) is 0 Å². The number of carbonyl (C=O) groups is 3. The zero-order valence-electron chi connectivity index (χ0n) is 14.8. The van der Waals surface area contributed by atoms with Gasteiger partial charge in [0.1, 0.15) is 0 Å². The van der Waals surface area contributed by atoms with Gasteiger partial charge >= 0.3 is 5.97 Å². The molecule has 0 spiro atoms. The topological polar surface area (TPSA) is 138 Å². The van der Waals surface area contributed by atoms with Crippen molar-refractivity contribution in [3.05, 3.63) is 51.3 Å². The average molecular weight is 376 g/mol. The van der Waals surface area contributed by atoms with Gasteiger partial charge in [0.05, 0.1) is 16.5 Å². The van der Waals surface area contributed by atoms with Crippen LogP contribution in [0.15, 0.2) is 35.6 Å². The summed E-state index contributed by atoms with van der Waals surface area (Å²) in [7, 11) is 0. The average Bonchev–Trinajstić information content (AvgIpc) is 2.86. The second kappa shape index (κ2) is 8.43. The molecule has 0 fully saturated rings. The highest BCUT2D eigenvalue weighted by Gasteiger charge is 2.42. The van der Waals surface area contributed by atoms with E-state index in [4.69, 9.17) is 5.11 Å². The molecule has 2 rings (SSSR count). The number of non-ortho nitro benzene ring substituents is 1. The van der Waals surface area contributed by atoms with Crippen LogP contribution in [0.3, 0.4) is 0 Å². The molecule has 0 saturated carbocycles. The van der Waals surface area contributed by atoms with Crippen LogP contribution in [0.4, 0.5) is 5.69 Å². The number of rotatable bonds is 9. The molecule has 0 aliphatic carbocycles. The molecule has 2 N–H and O–H groups in total. The first-order chi connectivity index (χ1) is 12.7.